The Morgan fingerprint density at radius 1 is 1.14 bits per heavy atom. The number of nitrogens with zero attached hydrogens (tertiary/aromatic N) is 3. The average Bonchev–Trinajstić information content (AvgIpc) is 3.14. The molecule has 1 aliphatic heterocycles. The molecule has 0 spiro atoms. The molecule has 0 radical (unpaired) electrons. The Balaban J connectivity index is 1.77. The van der Waals surface area contributed by atoms with Gasteiger partial charge in [-0.2, -0.15) is 0 Å². The fourth-order valence-corrected chi connectivity index (χ4v) is 3.37. The number of carbonyl (C=O) groups is 1. The molecule has 0 aliphatic carbocycles. The summed E-state index contributed by atoms with van der Waals surface area (Å²) in [5.41, 5.74) is 1.51. The molecule has 1 atom stereocenters. The number of methoxy groups -OCH3 is 1. The number of para-hydroxylation sites is 1. The number of aromatic nitrogens is 1. The van der Waals surface area contributed by atoms with Crippen molar-refractivity contribution in [2.45, 2.75) is 13.1 Å². The molecule has 8 heteroatoms. The molecule has 142 valence electrons. The fraction of sp³-hybridized carbons (Fsp3) is 0.150. The minimum atomic E-state index is -0.532. The zero-order chi connectivity index (χ0) is 19.7. The first-order chi connectivity index (χ1) is 13.6. The van der Waals surface area contributed by atoms with E-state index in [1.807, 2.05) is 54.6 Å². The van der Waals surface area contributed by atoms with Crippen molar-refractivity contribution in [3.05, 3.63) is 72.0 Å². The highest BCUT2D eigenvalue weighted by Crippen LogP contribution is 2.32. The van der Waals surface area contributed by atoms with Crippen LogP contribution in [0.2, 0.25) is 0 Å². The minimum absolute atomic E-state index is 0.313. The van der Waals surface area contributed by atoms with E-state index in [2.05, 4.69) is 10.5 Å². The van der Waals surface area contributed by atoms with Gasteiger partial charge in [-0.3, -0.25) is 0 Å². The van der Waals surface area contributed by atoms with Crippen molar-refractivity contribution in [2.75, 3.05) is 16.9 Å². The molecule has 2 heterocycles. The van der Waals surface area contributed by atoms with Gasteiger partial charge in [-0.15, -0.1) is 0 Å². The highest BCUT2D eigenvalue weighted by molar-refractivity contribution is 7.80. The van der Waals surface area contributed by atoms with Gasteiger partial charge in [0, 0.05) is 6.07 Å². The van der Waals surface area contributed by atoms with Gasteiger partial charge in [0.05, 0.1) is 12.8 Å². The van der Waals surface area contributed by atoms with Gasteiger partial charge in [0.25, 0.3) is 0 Å². The maximum atomic E-state index is 13.5. The summed E-state index contributed by atoms with van der Waals surface area (Å²) in [6.07, 6.45) is -0.532. The lowest BCUT2D eigenvalue weighted by Gasteiger charge is -2.41. The van der Waals surface area contributed by atoms with Crippen molar-refractivity contribution < 1.29 is 14.1 Å². The number of thiocarbonyl (C=S) groups is 1. The van der Waals surface area contributed by atoms with Crippen molar-refractivity contribution in [3.63, 3.8) is 0 Å². The lowest BCUT2D eigenvalue weighted by Crippen LogP contribution is -2.61. The first-order valence-electron chi connectivity index (χ1n) is 8.64. The van der Waals surface area contributed by atoms with E-state index < -0.39 is 6.17 Å². The van der Waals surface area contributed by atoms with E-state index in [0.29, 0.717) is 22.4 Å². The standard InChI is InChI=1S/C20H18N4O3S/c1-13-12-17(22-27-13)24-18(14-8-10-16(26-2)11-9-14)21-19(28)23(20(24)25)15-6-4-3-5-7-15/h3-12,18H,1-2H3,(H,21,28). The molecular weight excluding hydrogens is 376 g/mol. The van der Waals surface area contributed by atoms with Gasteiger partial charge in [-0.05, 0) is 49.0 Å². The largest absolute Gasteiger partial charge is 0.497 e. The Hall–Kier alpha value is -3.39. The van der Waals surface area contributed by atoms with E-state index in [4.69, 9.17) is 21.5 Å². The molecule has 2 aromatic carbocycles. The number of amides is 2. The zero-order valence-corrected chi connectivity index (χ0v) is 16.1. The fourth-order valence-electron chi connectivity index (χ4n) is 3.07. The van der Waals surface area contributed by atoms with Crippen molar-refractivity contribution in [2.24, 2.45) is 0 Å². The predicted molar refractivity (Wildman–Crippen MR) is 110 cm³/mol. The monoisotopic (exact) mass is 394 g/mol. The number of aryl methyl sites for hydroxylation is 1. The lowest BCUT2D eigenvalue weighted by atomic mass is 10.1. The number of ether oxygens (including phenoxy) is 1. The third kappa shape index (κ3) is 3.18. The molecule has 0 bridgehead atoms. The second-order valence-electron chi connectivity index (χ2n) is 6.24. The summed E-state index contributed by atoms with van der Waals surface area (Å²) >= 11 is 5.52. The topological polar surface area (TPSA) is 70.8 Å². The number of hydrogen-bond donors (Lipinski definition) is 1. The summed E-state index contributed by atoms with van der Waals surface area (Å²) in [4.78, 5) is 16.4. The van der Waals surface area contributed by atoms with Crippen molar-refractivity contribution >= 4 is 34.9 Å². The van der Waals surface area contributed by atoms with Crippen molar-refractivity contribution in [1.82, 2.24) is 10.5 Å². The van der Waals surface area contributed by atoms with Crippen LogP contribution in [0.4, 0.5) is 16.3 Å². The van der Waals surface area contributed by atoms with Gasteiger partial charge in [0.2, 0.25) is 0 Å². The van der Waals surface area contributed by atoms with Gasteiger partial charge in [-0.25, -0.2) is 14.6 Å². The van der Waals surface area contributed by atoms with Gasteiger partial charge in [-0.1, -0.05) is 35.5 Å². The van der Waals surface area contributed by atoms with Crippen LogP contribution in [0.3, 0.4) is 0 Å². The van der Waals surface area contributed by atoms with Crippen LogP contribution in [0, 0.1) is 6.92 Å². The summed E-state index contributed by atoms with van der Waals surface area (Å²) in [7, 11) is 1.61. The molecule has 1 saturated heterocycles. The maximum Gasteiger partial charge on any atom is 0.338 e. The van der Waals surface area contributed by atoms with Crippen LogP contribution in [0.15, 0.2) is 65.2 Å². The van der Waals surface area contributed by atoms with Crippen LogP contribution in [0.5, 0.6) is 5.75 Å². The summed E-state index contributed by atoms with van der Waals surface area (Å²) in [5.74, 6) is 1.73. The van der Waals surface area contributed by atoms with E-state index in [9.17, 15) is 4.79 Å². The van der Waals surface area contributed by atoms with E-state index in [-0.39, 0.29) is 6.03 Å². The van der Waals surface area contributed by atoms with Gasteiger partial charge in [0.1, 0.15) is 17.7 Å². The van der Waals surface area contributed by atoms with Crippen LogP contribution >= 0.6 is 12.2 Å². The zero-order valence-electron chi connectivity index (χ0n) is 15.3. The molecule has 28 heavy (non-hydrogen) atoms. The number of benzene rings is 2. The number of rotatable bonds is 4. The Kier molecular flexibility index (Phi) is 4.70. The Morgan fingerprint density at radius 3 is 2.46 bits per heavy atom. The van der Waals surface area contributed by atoms with Crippen LogP contribution in [0.25, 0.3) is 0 Å². The van der Waals surface area contributed by atoms with E-state index in [1.54, 1.807) is 20.1 Å². The number of anilines is 2. The van der Waals surface area contributed by atoms with E-state index >= 15 is 0 Å². The summed E-state index contributed by atoms with van der Waals surface area (Å²) in [6, 6.07) is 18.1. The third-order valence-electron chi connectivity index (χ3n) is 4.43. The first-order valence-corrected chi connectivity index (χ1v) is 9.05. The number of carbonyl (C=O) groups excluding carboxylic acids is 1. The van der Waals surface area contributed by atoms with Crippen LogP contribution in [-0.2, 0) is 0 Å². The smallest absolute Gasteiger partial charge is 0.338 e. The van der Waals surface area contributed by atoms with Crippen molar-refractivity contribution in [1.29, 1.82) is 0 Å². The van der Waals surface area contributed by atoms with Crippen LogP contribution < -0.4 is 19.9 Å². The molecule has 2 amide bonds. The second kappa shape index (κ2) is 7.32. The highest BCUT2D eigenvalue weighted by atomic mass is 32.1. The molecule has 0 saturated carbocycles. The van der Waals surface area contributed by atoms with Gasteiger partial charge >= 0.3 is 6.03 Å². The lowest BCUT2D eigenvalue weighted by molar-refractivity contribution is 0.248. The molecule has 1 unspecified atom stereocenters. The Labute approximate surface area is 167 Å². The van der Waals surface area contributed by atoms with Crippen molar-refractivity contribution in [3.8, 4) is 5.75 Å². The molecule has 1 aliphatic rings. The quantitative estimate of drug-likeness (QED) is 0.674. The highest BCUT2D eigenvalue weighted by Gasteiger charge is 2.40. The third-order valence-corrected chi connectivity index (χ3v) is 4.73. The number of hydrogen-bond acceptors (Lipinski definition) is 5. The van der Waals surface area contributed by atoms with Gasteiger partial charge in [0.15, 0.2) is 10.9 Å². The van der Waals surface area contributed by atoms with Crippen LogP contribution in [0.1, 0.15) is 17.5 Å². The molecule has 4 rings (SSSR count). The normalized spacial score (nSPS) is 16.9. The molecule has 1 N–H and O–H groups in total. The van der Waals surface area contributed by atoms with Crippen LogP contribution in [-0.4, -0.2) is 23.4 Å². The molecule has 3 aromatic rings. The predicted octanol–water partition coefficient (Wildman–Crippen LogP) is 4.01. The minimum Gasteiger partial charge on any atom is -0.497 e. The Bertz CT molecular complexity index is 1000. The molecular formula is C20H18N4O3S. The number of nitrogens with one attached hydrogen (secondary N) is 1. The first kappa shape index (κ1) is 18.0. The number of urea groups is 1. The summed E-state index contributed by atoms with van der Waals surface area (Å²) < 4.78 is 10.4. The summed E-state index contributed by atoms with van der Waals surface area (Å²) in [5, 5.41) is 7.61. The molecule has 1 aromatic heterocycles. The van der Waals surface area contributed by atoms with Gasteiger partial charge < -0.3 is 14.6 Å². The molecule has 1 fully saturated rings. The molecule has 7 nitrogen and oxygen atoms in total. The average molecular weight is 394 g/mol. The maximum absolute atomic E-state index is 13.5. The Morgan fingerprint density at radius 2 is 1.86 bits per heavy atom. The van der Waals surface area contributed by atoms with E-state index in [0.717, 1.165) is 11.3 Å². The SMILES string of the molecule is COc1ccc(C2NC(=S)N(c3ccccc3)C(=O)N2c2cc(C)on2)cc1. The summed E-state index contributed by atoms with van der Waals surface area (Å²) in [6.45, 7) is 1.78. The second-order valence-corrected chi connectivity index (χ2v) is 6.63. The van der Waals surface area contributed by atoms with E-state index in [1.165, 1.54) is 9.80 Å².